The second-order valence-corrected chi connectivity index (χ2v) is 6.91. The molecule has 1 aliphatic heterocycles. The molecule has 0 aliphatic carbocycles. The Morgan fingerprint density at radius 3 is 2.54 bits per heavy atom. The fourth-order valence-corrected chi connectivity index (χ4v) is 3.44. The monoisotopic (exact) mass is 355 g/mol. The van der Waals surface area contributed by atoms with Gasteiger partial charge in [-0.15, -0.1) is 0 Å². The van der Waals surface area contributed by atoms with Crippen molar-refractivity contribution in [2.75, 3.05) is 6.54 Å². The minimum absolute atomic E-state index is 0.0499. The molecule has 2 aromatic rings. The number of aryl methyl sites for hydroxylation is 2. The molecule has 6 nitrogen and oxygen atoms in total. The number of hydrogen-bond donors (Lipinski definition) is 1. The lowest BCUT2D eigenvalue weighted by Crippen LogP contribution is -2.28. The van der Waals surface area contributed by atoms with E-state index in [1.165, 1.54) is 0 Å². The topological polar surface area (TPSA) is 75.4 Å². The predicted molar refractivity (Wildman–Crippen MR) is 97.3 cm³/mol. The fourth-order valence-electron chi connectivity index (χ4n) is 3.44. The maximum atomic E-state index is 12.4. The number of rotatable bonds is 6. The minimum atomic E-state index is -0.304. The molecule has 0 bridgehead atoms. The van der Waals surface area contributed by atoms with E-state index in [2.05, 4.69) is 10.5 Å². The zero-order valence-corrected chi connectivity index (χ0v) is 15.5. The van der Waals surface area contributed by atoms with Crippen molar-refractivity contribution in [3.63, 3.8) is 0 Å². The van der Waals surface area contributed by atoms with Gasteiger partial charge in [-0.2, -0.15) is 0 Å². The van der Waals surface area contributed by atoms with E-state index in [0.29, 0.717) is 25.3 Å². The molecule has 26 heavy (non-hydrogen) atoms. The first-order chi connectivity index (χ1) is 12.5. The Morgan fingerprint density at radius 2 is 1.96 bits per heavy atom. The van der Waals surface area contributed by atoms with Crippen molar-refractivity contribution in [1.82, 2.24) is 15.4 Å². The summed E-state index contributed by atoms with van der Waals surface area (Å²) in [5.41, 5.74) is 3.75. The van der Waals surface area contributed by atoms with Crippen molar-refractivity contribution in [2.45, 2.75) is 52.6 Å². The number of nitrogens with one attached hydrogen (secondary N) is 1. The highest BCUT2D eigenvalue weighted by Crippen LogP contribution is 2.23. The highest BCUT2D eigenvalue weighted by atomic mass is 16.5. The first kappa shape index (κ1) is 18.2. The van der Waals surface area contributed by atoms with Crippen molar-refractivity contribution in [3.8, 4) is 0 Å². The van der Waals surface area contributed by atoms with Crippen LogP contribution in [0.4, 0.5) is 0 Å². The first-order valence-electron chi connectivity index (χ1n) is 9.01. The van der Waals surface area contributed by atoms with Crippen molar-refractivity contribution >= 4 is 11.8 Å². The second kappa shape index (κ2) is 7.72. The average Bonchev–Trinajstić information content (AvgIpc) is 3.18. The van der Waals surface area contributed by atoms with Crippen LogP contribution in [0.25, 0.3) is 0 Å². The molecule has 0 spiro atoms. The molecule has 1 saturated heterocycles. The van der Waals surface area contributed by atoms with Crippen LogP contribution in [0.5, 0.6) is 0 Å². The molecule has 0 saturated carbocycles. The van der Waals surface area contributed by atoms with E-state index in [1.807, 2.05) is 49.9 Å². The smallest absolute Gasteiger partial charge is 0.227 e. The molecule has 0 radical (unpaired) electrons. The molecule has 3 rings (SSSR count). The quantitative estimate of drug-likeness (QED) is 0.864. The standard InChI is InChI=1S/C20H25N3O3/c1-13(19-14(2)22-26-15(19)3)20(25)21-11-16-6-8-17(9-7-16)12-23-10-4-5-18(23)24/h6-9,13H,4-5,10-12H2,1-3H3,(H,21,25). The number of hydrogen-bond acceptors (Lipinski definition) is 4. The summed E-state index contributed by atoms with van der Waals surface area (Å²) in [5.74, 6) is 0.563. The molecule has 6 heteroatoms. The Labute approximate surface area is 153 Å². The highest BCUT2D eigenvalue weighted by molar-refractivity contribution is 5.83. The van der Waals surface area contributed by atoms with Crippen LogP contribution in [0.15, 0.2) is 28.8 Å². The van der Waals surface area contributed by atoms with Crippen LogP contribution in [0.2, 0.25) is 0 Å². The molecule has 1 N–H and O–H groups in total. The summed E-state index contributed by atoms with van der Waals surface area (Å²) in [5, 5.41) is 6.88. The van der Waals surface area contributed by atoms with Gasteiger partial charge in [0.1, 0.15) is 5.76 Å². The van der Waals surface area contributed by atoms with Gasteiger partial charge in [0.05, 0.1) is 11.6 Å². The van der Waals surface area contributed by atoms with Gasteiger partial charge < -0.3 is 14.7 Å². The molecule has 138 valence electrons. The Morgan fingerprint density at radius 1 is 1.27 bits per heavy atom. The van der Waals surface area contributed by atoms with Gasteiger partial charge in [0.15, 0.2) is 0 Å². The van der Waals surface area contributed by atoms with E-state index >= 15 is 0 Å². The summed E-state index contributed by atoms with van der Waals surface area (Å²) >= 11 is 0. The van der Waals surface area contributed by atoms with Gasteiger partial charge >= 0.3 is 0 Å². The number of nitrogens with zero attached hydrogens (tertiary/aromatic N) is 2. The Hall–Kier alpha value is -2.63. The van der Waals surface area contributed by atoms with Gasteiger partial charge in [0.25, 0.3) is 0 Å². The minimum Gasteiger partial charge on any atom is -0.361 e. The van der Waals surface area contributed by atoms with E-state index in [-0.39, 0.29) is 17.7 Å². The molecule has 1 aromatic heterocycles. The average molecular weight is 355 g/mol. The third-order valence-electron chi connectivity index (χ3n) is 4.95. The van der Waals surface area contributed by atoms with E-state index < -0.39 is 0 Å². The van der Waals surface area contributed by atoms with E-state index in [4.69, 9.17) is 4.52 Å². The number of amides is 2. The second-order valence-electron chi connectivity index (χ2n) is 6.91. The highest BCUT2D eigenvalue weighted by Gasteiger charge is 2.23. The third kappa shape index (κ3) is 3.95. The summed E-state index contributed by atoms with van der Waals surface area (Å²) < 4.78 is 5.15. The van der Waals surface area contributed by atoms with Crippen LogP contribution in [0.3, 0.4) is 0 Å². The van der Waals surface area contributed by atoms with Gasteiger partial charge in [-0.05, 0) is 38.3 Å². The Bertz CT molecular complexity index is 776. The van der Waals surface area contributed by atoms with Crippen LogP contribution >= 0.6 is 0 Å². The summed E-state index contributed by atoms with van der Waals surface area (Å²) in [7, 11) is 0. The lowest BCUT2D eigenvalue weighted by Gasteiger charge is -2.16. The number of benzene rings is 1. The first-order valence-corrected chi connectivity index (χ1v) is 9.01. The van der Waals surface area contributed by atoms with E-state index in [0.717, 1.165) is 35.3 Å². The molecule has 1 unspecified atom stereocenters. The van der Waals surface area contributed by atoms with Crippen molar-refractivity contribution in [1.29, 1.82) is 0 Å². The lowest BCUT2D eigenvalue weighted by molar-refractivity contribution is -0.128. The van der Waals surface area contributed by atoms with Crippen LogP contribution in [0.1, 0.15) is 53.8 Å². The fraction of sp³-hybridized carbons (Fsp3) is 0.450. The Balaban J connectivity index is 1.54. The van der Waals surface area contributed by atoms with Gasteiger partial charge in [-0.1, -0.05) is 29.4 Å². The summed E-state index contributed by atoms with van der Waals surface area (Å²) in [4.78, 5) is 26.0. The van der Waals surface area contributed by atoms with Crippen molar-refractivity contribution < 1.29 is 14.1 Å². The normalized spacial score (nSPS) is 15.3. The molecule has 2 amide bonds. The van der Waals surface area contributed by atoms with Gasteiger partial charge in [-0.3, -0.25) is 9.59 Å². The number of carbonyl (C=O) groups excluding carboxylic acids is 2. The summed E-state index contributed by atoms with van der Waals surface area (Å²) in [6, 6.07) is 8.03. The molecular formula is C20H25N3O3. The zero-order chi connectivity index (χ0) is 18.7. The molecule has 1 aromatic carbocycles. The molecule has 1 fully saturated rings. The number of aromatic nitrogens is 1. The lowest BCUT2D eigenvalue weighted by atomic mass is 9.98. The Kier molecular flexibility index (Phi) is 5.40. The van der Waals surface area contributed by atoms with Gasteiger partial charge in [0.2, 0.25) is 11.8 Å². The SMILES string of the molecule is Cc1noc(C)c1C(C)C(=O)NCc1ccc(CN2CCCC2=O)cc1. The number of carbonyl (C=O) groups is 2. The van der Waals surface area contributed by atoms with Gasteiger partial charge in [-0.25, -0.2) is 0 Å². The largest absolute Gasteiger partial charge is 0.361 e. The molecule has 2 heterocycles. The van der Waals surface area contributed by atoms with Crippen LogP contribution < -0.4 is 5.32 Å². The van der Waals surface area contributed by atoms with Crippen LogP contribution in [0, 0.1) is 13.8 Å². The number of likely N-dealkylation sites (tertiary alicyclic amines) is 1. The summed E-state index contributed by atoms with van der Waals surface area (Å²) in [6.07, 6.45) is 1.61. The predicted octanol–water partition coefficient (Wildman–Crippen LogP) is 2.83. The maximum absolute atomic E-state index is 12.4. The van der Waals surface area contributed by atoms with E-state index in [9.17, 15) is 9.59 Å². The van der Waals surface area contributed by atoms with Crippen LogP contribution in [-0.4, -0.2) is 28.4 Å². The van der Waals surface area contributed by atoms with Gasteiger partial charge in [0, 0.05) is 31.6 Å². The molecule has 1 atom stereocenters. The van der Waals surface area contributed by atoms with Crippen LogP contribution in [-0.2, 0) is 22.7 Å². The van der Waals surface area contributed by atoms with E-state index in [1.54, 1.807) is 0 Å². The van der Waals surface area contributed by atoms with Crippen molar-refractivity contribution in [2.24, 2.45) is 0 Å². The summed E-state index contributed by atoms with van der Waals surface area (Å²) in [6.45, 7) is 7.50. The maximum Gasteiger partial charge on any atom is 0.227 e. The molecule has 1 aliphatic rings. The zero-order valence-electron chi connectivity index (χ0n) is 15.5. The molecular weight excluding hydrogens is 330 g/mol. The van der Waals surface area contributed by atoms with Crippen molar-refractivity contribution in [3.05, 3.63) is 52.4 Å². The third-order valence-corrected chi connectivity index (χ3v) is 4.95.